The van der Waals surface area contributed by atoms with E-state index >= 15 is 4.39 Å². The van der Waals surface area contributed by atoms with Crippen LogP contribution in [0.25, 0.3) is 10.9 Å². The first kappa shape index (κ1) is 21.1. The largest absolute Gasteiger partial charge is 0.492 e. The molecule has 3 atom stereocenters. The van der Waals surface area contributed by atoms with Crippen LogP contribution in [0.1, 0.15) is 30.9 Å². The third kappa shape index (κ3) is 2.99. The number of hydrogen-bond donors (Lipinski definition) is 2. The van der Waals surface area contributed by atoms with E-state index in [2.05, 4.69) is 4.98 Å². The van der Waals surface area contributed by atoms with Gasteiger partial charge in [0, 0.05) is 43.0 Å². The zero-order valence-electron chi connectivity index (χ0n) is 17.8. The molecule has 3 N–H and O–H groups in total. The van der Waals surface area contributed by atoms with E-state index in [1.54, 1.807) is 11.0 Å². The van der Waals surface area contributed by atoms with Crippen molar-refractivity contribution < 1.29 is 17.9 Å². The van der Waals surface area contributed by atoms with Gasteiger partial charge in [0.15, 0.2) is 11.6 Å². The van der Waals surface area contributed by atoms with Crippen molar-refractivity contribution in [3.8, 4) is 5.75 Å². The third-order valence-electron chi connectivity index (χ3n) is 7.05. The molecule has 2 fully saturated rings. The number of rotatable bonds is 3. The Balaban J connectivity index is 1.72. The Morgan fingerprint density at radius 3 is 2.62 bits per heavy atom. The van der Waals surface area contributed by atoms with E-state index in [-0.39, 0.29) is 53.0 Å². The van der Waals surface area contributed by atoms with Crippen molar-refractivity contribution in [1.82, 2.24) is 9.55 Å². The number of hydrogen-bond acceptors (Lipinski definition) is 5. The van der Waals surface area contributed by atoms with Gasteiger partial charge in [-0.2, -0.15) is 0 Å². The Kier molecular flexibility index (Phi) is 4.70. The lowest BCUT2D eigenvalue weighted by Crippen LogP contribution is -2.47. The van der Waals surface area contributed by atoms with Gasteiger partial charge in [0.1, 0.15) is 11.2 Å². The second kappa shape index (κ2) is 7.13. The Morgan fingerprint density at radius 1 is 1.25 bits per heavy atom. The minimum atomic E-state index is -3.05. The molecular formula is C22H25F3N4O3. The van der Waals surface area contributed by atoms with Crippen LogP contribution in [0.5, 0.6) is 5.75 Å². The highest BCUT2D eigenvalue weighted by Gasteiger charge is 2.49. The molecule has 10 heteroatoms. The van der Waals surface area contributed by atoms with Crippen LogP contribution in [0.4, 0.5) is 18.9 Å². The molecule has 1 aromatic heterocycles. The summed E-state index contributed by atoms with van der Waals surface area (Å²) in [5, 5.41) is 0.0612. The summed E-state index contributed by atoms with van der Waals surface area (Å²) in [6.07, 6.45) is 4.29. The summed E-state index contributed by atoms with van der Waals surface area (Å²) in [5.41, 5.74) is 5.10. The number of aromatic nitrogens is 2. The van der Waals surface area contributed by atoms with Gasteiger partial charge >= 0.3 is 5.69 Å². The second-order valence-electron chi connectivity index (χ2n) is 9.06. The first-order valence-electron chi connectivity index (χ1n) is 10.7. The summed E-state index contributed by atoms with van der Waals surface area (Å²) >= 11 is 0. The summed E-state index contributed by atoms with van der Waals surface area (Å²) in [5.74, 6) is -4.49. The molecule has 7 nitrogen and oxygen atoms in total. The lowest BCUT2D eigenvalue weighted by Gasteiger charge is -2.29. The number of halogens is 3. The van der Waals surface area contributed by atoms with Gasteiger partial charge in [-0.25, -0.2) is 18.0 Å². The zero-order valence-corrected chi connectivity index (χ0v) is 17.8. The number of nitrogens with two attached hydrogens (primary N) is 1. The standard InChI is InChI=1S/C22H25F3N4O3/c1-10-14-16(29(12-5-6-12)21(31)27-20(14)30)18(32-2)17(15(10)23)28-8-11-4-3-7-22(24,25)19(26)13(11)9-28/h3-4,11-13,19H,5-9,26H2,1-2H3,(H,27,30,31). The first-order valence-corrected chi connectivity index (χ1v) is 10.7. The normalized spacial score (nSPS) is 26.9. The number of alkyl halides is 2. The highest BCUT2D eigenvalue weighted by atomic mass is 19.3. The first-order chi connectivity index (χ1) is 15.2. The molecule has 0 amide bonds. The van der Waals surface area contributed by atoms with Crippen molar-refractivity contribution in [3.63, 3.8) is 0 Å². The Labute approximate surface area is 181 Å². The van der Waals surface area contributed by atoms with Gasteiger partial charge < -0.3 is 15.4 Å². The fraction of sp³-hybridized carbons (Fsp3) is 0.545. The van der Waals surface area contributed by atoms with Gasteiger partial charge in [-0.05, 0) is 19.8 Å². The number of ether oxygens (including phenoxy) is 1. The smallest absolute Gasteiger partial charge is 0.329 e. The molecule has 2 aromatic rings. The minimum Gasteiger partial charge on any atom is -0.492 e. The Morgan fingerprint density at radius 2 is 1.97 bits per heavy atom. The second-order valence-corrected chi connectivity index (χ2v) is 9.06. The minimum absolute atomic E-state index is 0.0612. The van der Waals surface area contributed by atoms with Gasteiger partial charge in [0.05, 0.1) is 18.5 Å². The van der Waals surface area contributed by atoms with Gasteiger partial charge in [-0.15, -0.1) is 0 Å². The highest BCUT2D eigenvalue weighted by molar-refractivity contribution is 5.93. The Bertz CT molecular complexity index is 1250. The average molecular weight is 450 g/mol. The summed E-state index contributed by atoms with van der Waals surface area (Å²) in [6.45, 7) is 1.87. The van der Waals surface area contributed by atoms with Crippen LogP contribution in [0, 0.1) is 24.6 Å². The predicted molar refractivity (Wildman–Crippen MR) is 114 cm³/mol. The maximum atomic E-state index is 15.7. The maximum absolute atomic E-state index is 15.7. The third-order valence-corrected chi connectivity index (χ3v) is 7.05. The van der Waals surface area contributed by atoms with E-state index in [0.717, 1.165) is 12.8 Å². The van der Waals surface area contributed by atoms with Crippen LogP contribution in [-0.4, -0.2) is 41.7 Å². The molecule has 1 aliphatic heterocycles. The van der Waals surface area contributed by atoms with Crippen molar-refractivity contribution in [2.75, 3.05) is 25.1 Å². The molecule has 2 heterocycles. The summed E-state index contributed by atoms with van der Waals surface area (Å²) < 4.78 is 51.5. The van der Waals surface area contributed by atoms with Crippen molar-refractivity contribution in [2.24, 2.45) is 17.6 Å². The fourth-order valence-electron chi connectivity index (χ4n) is 5.25. The molecule has 1 saturated carbocycles. The molecule has 0 spiro atoms. The predicted octanol–water partition coefficient (Wildman–Crippen LogP) is 2.46. The van der Waals surface area contributed by atoms with Crippen molar-refractivity contribution in [3.05, 3.63) is 44.4 Å². The number of nitrogens with zero attached hydrogens (tertiary/aromatic N) is 2. The molecule has 1 aromatic carbocycles. The van der Waals surface area contributed by atoms with Crippen molar-refractivity contribution in [2.45, 2.75) is 44.2 Å². The molecule has 3 aliphatic rings. The van der Waals surface area contributed by atoms with E-state index in [1.807, 2.05) is 0 Å². The monoisotopic (exact) mass is 450 g/mol. The molecule has 3 unspecified atom stereocenters. The Hall–Kier alpha value is -2.75. The summed E-state index contributed by atoms with van der Waals surface area (Å²) in [6, 6.07) is -1.47. The molecular weight excluding hydrogens is 425 g/mol. The number of allylic oxidation sites excluding steroid dienone is 1. The van der Waals surface area contributed by atoms with Crippen LogP contribution >= 0.6 is 0 Å². The molecule has 5 rings (SSSR count). The van der Waals surface area contributed by atoms with Crippen molar-refractivity contribution >= 4 is 16.6 Å². The quantitative estimate of drug-likeness (QED) is 0.701. The molecule has 0 bridgehead atoms. The number of benzene rings is 1. The fourth-order valence-corrected chi connectivity index (χ4v) is 5.25. The molecule has 32 heavy (non-hydrogen) atoms. The van der Waals surface area contributed by atoms with E-state index in [0.29, 0.717) is 0 Å². The van der Waals surface area contributed by atoms with Crippen molar-refractivity contribution in [1.29, 1.82) is 0 Å². The summed E-state index contributed by atoms with van der Waals surface area (Å²) in [4.78, 5) is 29.2. The van der Waals surface area contributed by atoms with Crippen LogP contribution in [0.2, 0.25) is 0 Å². The van der Waals surface area contributed by atoms with Gasteiger partial charge in [0.2, 0.25) is 0 Å². The average Bonchev–Trinajstić information content (AvgIpc) is 3.49. The van der Waals surface area contributed by atoms with Crippen LogP contribution in [0.15, 0.2) is 21.7 Å². The number of aryl methyl sites for hydroxylation is 1. The molecule has 0 radical (unpaired) electrons. The summed E-state index contributed by atoms with van der Waals surface area (Å²) in [7, 11) is 1.35. The van der Waals surface area contributed by atoms with Crippen LogP contribution in [0.3, 0.4) is 0 Å². The number of anilines is 1. The van der Waals surface area contributed by atoms with Gasteiger partial charge in [0.25, 0.3) is 11.5 Å². The number of fused-ring (bicyclic) bond motifs is 2. The van der Waals surface area contributed by atoms with E-state index in [4.69, 9.17) is 10.5 Å². The number of aromatic amines is 1. The molecule has 2 aliphatic carbocycles. The highest BCUT2D eigenvalue weighted by Crippen LogP contribution is 2.47. The molecule has 1 saturated heterocycles. The molecule has 172 valence electrons. The number of nitrogens with one attached hydrogen (secondary N) is 1. The lowest BCUT2D eigenvalue weighted by atomic mass is 9.88. The van der Waals surface area contributed by atoms with Gasteiger partial charge in [-0.3, -0.25) is 14.3 Å². The van der Waals surface area contributed by atoms with Gasteiger partial charge in [-0.1, -0.05) is 12.2 Å². The maximum Gasteiger partial charge on any atom is 0.329 e. The number of H-pyrrole nitrogens is 1. The zero-order chi connectivity index (χ0) is 22.9. The van der Waals surface area contributed by atoms with E-state index in [1.165, 1.54) is 24.7 Å². The van der Waals surface area contributed by atoms with E-state index in [9.17, 15) is 18.4 Å². The van der Waals surface area contributed by atoms with E-state index < -0.39 is 41.4 Å². The number of methoxy groups -OCH3 is 1. The lowest BCUT2D eigenvalue weighted by molar-refractivity contribution is -0.0376. The van der Waals surface area contributed by atoms with Crippen LogP contribution < -0.4 is 26.6 Å². The topological polar surface area (TPSA) is 93.3 Å². The van der Waals surface area contributed by atoms with Crippen LogP contribution in [-0.2, 0) is 0 Å². The SMILES string of the molecule is COc1c(N2CC3C=CCC(F)(F)C(N)C3C2)c(F)c(C)c2c(=O)[nH]c(=O)n(C3CC3)c12.